The second-order valence-electron chi connectivity index (χ2n) is 7.79. The van der Waals surface area contributed by atoms with Gasteiger partial charge in [-0.25, -0.2) is 0 Å². The summed E-state index contributed by atoms with van der Waals surface area (Å²) in [7, 11) is 0. The molecule has 1 saturated carbocycles. The van der Waals surface area contributed by atoms with Crippen LogP contribution in [0.15, 0.2) is 64.6 Å². The van der Waals surface area contributed by atoms with Crippen LogP contribution in [0.3, 0.4) is 0 Å². The summed E-state index contributed by atoms with van der Waals surface area (Å²) < 4.78 is 5.39. The van der Waals surface area contributed by atoms with Crippen molar-refractivity contribution in [3.8, 4) is 0 Å². The molecule has 5 nitrogen and oxygen atoms in total. The summed E-state index contributed by atoms with van der Waals surface area (Å²) in [4.78, 5) is 29.5. The Morgan fingerprint density at radius 2 is 1.90 bits per heavy atom. The van der Waals surface area contributed by atoms with E-state index >= 15 is 0 Å². The number of nitrogens with zero attached hydrogens (tertiary/aromatic N) is 1. The van der Waals surface area contributed by atoms with E-state index in [1.807, 2.05) is 48.7 Å². The molecule has 1 fully saturated rings. The van der Waals surface area contributed by atoms with Crippen molar-refractivity contribution in [3.63, 3.8) is 0 Å². The van der Waals surface area contributed by atoms with Crippen LogP contribution in [0.2, 0.25) is 0 Å². The van der Waals surface area contributed by atoms with Crippen LogP contribution in [0.1, 0.15) is 58.3 Å². The highest BCUT2D eigenvalue weighted by molar-refractivity contribution is 7.09. The summed E-state index contributed by atoms with van der Waals surface area (Å²) in [5.41, 5.74) is 1.91. The second-order valence-corrected chi connectivity index (χ2v) is 8.83. The molecule has 6 heteroatoms. The van der Waals surface area contributed by atoms with Crippen LogP contribution in [0.5, 0.6) is 0 Å². The van der Waals surface area contributed by atoms with Crippen LogP contribution in [0.4, 0.5) is 0 Å². The van der Waals surface area contributed by atoms with Crippen molar-refractivity contribution >= 4 is 23.2 Å². The number of rotatable bonds is 7. The van der Waals surface area contributed by atoms with E-state index in [1.54, 1.807) is 28.4 Å². The van der Waals surface area contributed by atoms with Gasteiger partial charge in [0.05, 0.1) is 12.8 Å². The number of hydrogen-bond donors (Lipinski definition) is 1. The predicted octanol–water partition coefficient (Wildman–Crippen LogP) is 5.09. The smallest absolute Gasteiger partial charge is 0.290 e. The van der Waals surface area contributed by atoms with Crippen LogP contribution in [-0.2, 0) is 11.3 Å². The van der Waals surface area contributed by atoms with Gasteiger partial charge >= 0.3 is 0 Å². The highest BCUT2D eigenvalue weighted by Gasteiger charge is 2.34. The average Bonchev–Trinajstić information content (AvgIpc) is 3.52. The van der Waals surface area contributed by atoms with Gasteiger partial charge in [0.15, 0.2) is 5.76 Å². The van der Waals surface area contributed by atoms with E-state index < -0.39 is 6.04 Å². The van der Waals surface area contributed by atoms with Crippen molar-refractivity contribution < 1.29 is 14.0 Å². The minimum atomic E-state index is -0.731. The number of carbonyl (C=O) groups is 2. The van der Waals surface area contributed by atoms with Crippen LogP contribution in [0, 0.1) is 6.92 Å². The van der Waals surface area contributed by atoms with Gasteiger partial charge in [0.2, 0.25) is 5.91 Å². The molecule has 0 unspecified atom stereocenters. The van der Waals surface area contributed by atoms with Crippen molar-refractivity contribution in [1.29, 1.82) is 0 Å². The zero-order chi connectivity index (χ0) is 20.9. The Bertz CT molecular complexity index is 959. The summed E-state index contributed by atoms with van der Waals surface area (Å²) in [6.45, 7) is 2.35. The molecular formula is C24H26N2O3S. The first-order chi connectivity index (χ1) is 14.6. The van der Waals surface area contributed by atoms with Gasteiger partial charge < -0.3 is 14.6 Å². The normalized spacial score (nSPS) is 15.1. The Labute approximate surface area is 180 Å². The number of amides is 2. The molecule has 1 aromatic carbocycles. The molecule has 2 amide bonds. The standard InChI is InChI=1S/C24H26N2O3S/c1-17-10-12-18(13-11-17)22(23(27)25-19-6-2-3-7-19)26(16-20-8-5-15-30-20)24(28)21-9-4-14-29-21/h4-5,8-15,19,22H,2-3,6-7,16H2,1H3,(H,25,27)/t22-/m1/s1. The first-order valence-corrected chi connectivity index (χ1v) is 11.2. The Balaban J connectivity index is 1.71. The Kier molecular flexibility index (Phi) is 6.33. The van der Waals surface area contributed by atoms with Gasteiger partial charge in [-0.3, -0.25) is 9.59 Å². The van der Waals surface area contributed by atoms with Gasteiger partial charge in [-0.2, -0.15) is 0 Å². The molecule has 0 spiro atoms. The molecule has 0 saturated heterocycles. The molecule has 0 bridgehead atoms. The average molecular weight is 423 g/mol. The Hall–Kier alpha value is -2.86. The molecule has 1 aliphatic rings. The summed E-state index contributed by atoms with van der Waals surface area (Å²) in [6.07, 6.45) is 5.72. The highest BCUT2D eigenvalue weighted by atomic mass is 32.1. The number of furan rings is 1. The first kappa shape index (κ1) is 20.4. The maximum atomic E-state index is 13.5. The number of carbonyl (C=O) groups excluding carboxylic acids is 2. The van der Waals surface area contributed by atoms with Gasteiger partial charge in [0.1, 0.15) is 6.04 Å². The molecule has 1 aliphatic carbocycles. The summed E-state index contributed by atoms with van der Waals surface area (Å²) >= 11 is 1.57. The lowest BCUT2D eigenvalue weighted by atomic mass is 10.0. The van der Waals surface area contributed by atoms with E-state index in [-0.39, 0.29) is 23.6 Å². The molecule has 2 heterocycles. The third-order valence-corrected chi connectivity index (χ3v) is 6.41. The number of hydrogen-bond acceptors (Lipinski definition) is 4. The topological polar surface area (TPSA) is 62.6 Å². The van der Waals surface area contributed by atoms with E-state index in [4.69, 9.17) is 4.42 Å². The minimum absolute atomic E-state index is 0.137. The van der Waals surface area contributed by atoms with Crippen molar-refractivity contribution in [2.24, 2.45) is 0 Å². The fourth-order valence-corrected chi connectivity index (χ4v) is 4.67. The van der Waals surface area contributed by atoms with Crippen LogP contribution in [0.25, 0.3) is 0 Å². The maximum absolute atomic E-state index is 13.5. The molecule has 1 atom stereocenters. The van der Waals surface area contributed by atoms with E-state index in [1.165, 1.54) is 6.26 Å². The van der Waals surface area contributed by atoms with Crippen molar-refractivity contribution in [1.82, 2.24) is 10.2 Å². The zero-order valence-electron chi connectivity index (χ0n) is 17.0. The molecule has 30 heavy (non-hydrogen) atoms. The maximum Gasteiger partial charge on any atom is 0.290 e. The van der Waals surface area contributed by atoms with E-state index in [0.29, 0.717) is 6.54 Å². The lowest BCUT2D eigenvalue weighted by Gasteiger charge is -2.31. The van der Waals surface area contributed by atoms with Crippen LogP contribution >= 0.6 is 11.3 Å². The molecular weight excluding hydrogens is 396 g/mol. The van der Waals surface area contributed by atoms with Crippen molar-refractivity contribution in [2.75, 3.05) is 0 Å². The van der Waals surface area contributed by atoms with Crippen molar-refractivity contribution in [3.05, 3.63) is 81.9 Å². The quantitative estimate of drug-likeness (QED) is 0.577. The van der Waals surface area contributed by atoms with E-state index in [9.17, 15) is 9.59 Å². The van der Waals surface area contributed by atoms with Gasteiger partial charge in [-0.1, -0.05) is 48.7 Å². The van der Waals surface area contributed by atoms with Gasteiger partial charge in [0.25, 0.3) is 5.91 Å². The first-order valence-electron chi connectivity index (χ1n) is 10.4. The molecule has 156 valence electrons. The van der Waals surface area contributed by atoms with E-state index in [0.717, 1.165) is 41.7 Å². The molecule has 3 aromatic rings. The molecule has 2 aromatic heterocycles. The lowest BCUT2D eigenvalue weighted by Crippen LogP contribution is -2.45. The fraction of sp³-hybridized carbons (Fsp3) is 0.333. The van der Waals surface area contributed by atoms with Gasteiger partial charge in [-0.05, 0) is 48.9 Å². The zero-order valence-corrected chi connectivity index (χ0v) is 17.9. The Morgan fingerprint density at radius 3 is 2.53 bits per heavy atom. The van der Waals surface area contributed by atoms with Gasteiger partial charge in [0, 0.05) is 10.9 Å². The van der Waals surface area contributed by atoms with Crippen LogP contribution < -0.4 is 5.32 Å². The summed E-state index contributed by atoms with van der Waals surface area (Å²) in [5, 5.41) is 5.17. The largest absolute Gasteiger partial charge is 0.459 e. The summed E-state index contributed by atoms with van der Waals surface area (Å²) in [5.74, 6) is -0.194. The molecule has 0 radical (unpaired) electrons. The SMILES string of the molecule is Cc1ccc([C@H](C(=O)NC2CCCC2)N(Cc2cccs2)C(=O)c2ccco2)cc1. The van der Waals surface area contributed by atoms with Gasteiger partial charge in [-0.15, -0.1) is 11.3 Å². The number of nitrogens with one attached hydrogen (secondary N) is 1. The number of benzene rings is 1. The number of thiophene rings is 1. The lowest BCUT2D eigenvalue weighted by molar-refractivity contribution is -0.126. The minimum Gasteiger partial charge on any atom is -0.459 e. The molecule has 1 N–H and O–H groups in total. The summed E-state index contributed by atoms with van der Waals surface area (Å²) in [6, 6.07) is 14.5. The van der Waals surface area contributed by atoms with E-state index in [2.05, 4.69) is 5.32 Å². The monoisotopic (exact) mass is 422 g/mol. The fourth-order valence-electron chi connectivity index (χ4n) is 3.96. The number of aryl methyl sites for hydroxylation is 1. The Morgan fingerprint density at radius 1 is 1.13 bits per heavy atom. The third kappa shape index (κ3) is 4.65. The third-order valence-electron chi connectivity index (χ3n) is 5.55. The predicted molar refractivity (Wildman–Crippen MR) is 117 cm³/mol. The molecule has 0 aliphatic heterocycles. The van der Waals surface area contributed by atoms with Crippen LogP contribution in [-0.4, -0.2) is 22.8 Å². The second kappa shape index (κ2) is 9.30. The molecule has 4 rings (SSSR count). The highest BCUT2D eigenvalue weighted by Crippen LogP contribution is 2.28. The van der Waals surface area contributed by atoms with Crippen molar-refractivity contribution in [2.45, 2.75) is 51.2 Å².